The number of nitrogens with zero attached hydrogens (tertiary/aromatic N) is 4. The number of piperazine rings is 1. The molecule has 0 amide bonds. The second kappa shape index (κ2) is 10.5. The lowest BCUT2D eigenvalue weighted by molar-refractivity contribution is 0.139. The van der Waals surface area contributed by atoms with Crippen molar-refractivity contribution < 1.29 is 0 Å². The SMILES string of the molecule is CN=C(NCC(C)CN1CCN(C)CC1)N1CCc2ccccc2C1.I. The van der Waals surface area contributed by atoms with E-state index in [2.05, 4.69) is 63.2 Å². The Bertz CT molecular complexity index is 583. The largest absolute Gasteiger partial charge is 0.356 e. The van der Waals surface area contributed by atoms with Crippen molar-refractivity contribution in [2.45, 2.75) is 19.9 Å². The lowest BCUT2D eigenvalue weighted by atomic mass is 10.0. The topological polar surface area (TPSA) is 34.1 Å². The Morgan fingerprint density at radius 1 is 1.12 bits per heavy atom. The molecule has 2 heterocycles. The summed E-state index contributed by atoms with van der Waals surface area (Å²) >= 11 is 0. The van der Waals surface area contributed by atoms with E-state index in [0.29, 0.717) is 5.92 Å². The minimum Gasteiger partial charge on any atom is -0.356 e. The van der Waals surface area contributed by atoms with Crippen molar-refractivity contribution in [3.05, 3.63) is 35.4 Å². The van der Waals surface area contributed by atoms with Crippen LogP contribution >= 0.6 is 24.0 Å². The first kappa shape index (κ1) is 21.4. The molecule has 0 aliphatic carbocycles. The second-order valence-electron chi connectivity index (χ2n) is 7.58. The van der Waals surface area contributed by atoms with E-state index in [9.17, 15) is 0 Å². The third-order valence-corrected chi connectivity index (χ3v) is 5.42. The van der Waals surface area contributed by atoms with Gasteiger partial charge in [0.05, 0.1) is 0 Å². The molecule has 1 N–H and O–H groups in total. The fourth-order valence-corrected chi connectivity index (χ4v) is 3.81. The van der Waals surface area contributed by atoms with Gasteiger partial charge in [0.1, 0.15) is 0 Å². The molecule has 1 atom stereocenters. The number of nitrogens with one attached hydrogen (secondary N) is 1. The van der Waals surface area contributed by atoms with Crippen LogP contribution in [0.15, 0.2) is 29.3 Å². The van der Waals surface area contributed by atoms with Crippen molar-refractivity contribution in [1.29, 1.82) is 0 Å². The summed E-state index contributed by atoms with van der Waals surface area (Å²) in [7, 11) is 4.11. The summed E-state index contributed by atoms with van der Waals surface area (Å²) < 4.78 is 0. The molecule has 0 saturated carbocycles. The van der Waals surface area contributed by atoms with Crippen LogP contribution in [-0.4, -0.2) is 80.6 Å². The molecule has 0 spiro atoms. The Labute approximate surface area is 175 Å². The number of aliphatic imine (C=N–C) groups is 1. The van der Waals surface area contributed by atoms with E-state index in [1.54, 1.807) is 0 Å². The first-order chi connectivity index (χ1) is 12.2. The predicted molar refractivity (Wildman–Crippen MR) is 120 cm³/mol. The Morgan fingerprint density at radius 2 is 1.81 bits per heavy atom. The van der Waals surface area contributed by atoms with Gasteiger partial charge in [-0.15, -0.1) is 24.0 Å². The predicted octanol–water partition coefficient (Wildman–Crippen LogP) is 2.12. The molecule has 1 aromatic carbocycles. The quantitative estimate of drug-likeness (QED) is 0.415. The van der Waals surface area contributed by atoms with E-state index >= 15 is 0 Å². The van der Waals surface area contributed by atoms with E-state index < -0.39 is 0 Å². The standard InChI is InChI=1S/C20H33N5.HI/c1-17(15-24-12-10-23(3)11-13-24)14-22-20(21-2)25-9-8-18-6-4-5-7-19(18)16-25;/h4-7,17H,8-16H2,1-3H3,(H,21,22);1H. The molecule has 0 aromatic heterocycles. The zero-order valence-electron chi connectivity index (χ0n) is 16.4. The highest BCUT2D eigenvalue weighted by Crippen LogP contribution is 2.18. The molecule has 1 aromatic rings. The van der Waals surface area contributed by atoms with Gasteiger partial charge in [-0.05, 0) is 30.5 Å². The molecule has 2 aliphatic rings. The summed E-state index contributed by atoms with van der Waals surface area (Å²) in [6.45, 7) is 11.3. The van der Waals surface area contributed by atoms with E-state index in [1.165, 1.54) is 43.9 Å². The number of halogens is 1. The fourth-order valence-electron chi connectivity index (χ4n) is 3.81. The zero-order chi connectivity index (χ0) is 17.6. The van der Waals surface area contributed by atoms with Crippen LogP contribution in [0.25, 0.3) is 0 Å². The number of benzene rings is 1. The highest BCUT2D eigenvalue weighted by molar-refractivity contribution is 14.0. The molecule has 0 radical (unpaired) electrons. The van der Waals surface area contributed by atoms with Crippen molar-refractivity contribution in [3.8, 4) is 0 Å². The average molecular weight is 471 g/mol. The molecule has 1 saturated heterocycles. The van der Waals surface area contributed by atoms with Gasteiger partial charge in [0.25, 0.3) is 0 Å². The molecule has 2 aliphatic heterocycles. The lowest BCUT2D eigenvalue weighted by Gasteiger charge is -2.35. The summed E-state index contributed by atoms with van der Waals surface area (Å²) in [5.41, 5.74) is 2.92. The normalized spacial score (nSPS) is 20.3. The maximum atomic E-state index is 4.52. The van der Waals surface area contributed by atoms with Gasteiger partial charge in [0, 0.05) is 59.4 Å². The van der Waals surface area contributed by atoms with Crippen LogP contribution in [-0.2, 0) is 13.0 Å². The van der Waals surface area contributed by atoms with E-state index in [-0.39, 0.29) is 24.0 Å². The Hall–Kier alpha value is -0.860. The summed E-state index contributed by atoms with van der Waals surface area (Å²) in [6.07, 6.45) is 1.10. The smallest absolute Gasteiger partial charge is 0.193 e. The number of likely N-dealkylation sites (N-methyl/N-ethyl adjacent to an activating group) is 1. The van der Waals surface area contributed by atoms with Crippen molar-refractivity contribution in [2.24, 2.45) is 10.9 Å². The summed E-state index contributed by atoms with van der Waals surface area (Å²) in [5.74, 6) is 1.66. The lowest BCUT2D eigenvalue weighted by Crippen LogP contribution is -2.48. The minimum atomic E-state index is 0. The van der Waals surface area contributed by atoms with Gasteiger partial charge in [0.2, 0.25) is 0 Å². The van der Waals surface area contributed by atoms with Crippen LogP contribution in [0.5, 0.6) is 0 Å². The molecule has 6 heteroatoms. The van der Waals surface area contributed by atoms with Crippen LogP contribution in [0, 0.1) is 5.92 Å². The van der Waals surface area contributed by atoms with Crippen LogP contribution in [0.4, 0.5) is 0 Å². The Morgan fingerprint density at radius 3 is 2.50 bits per heavy atom. The summed E-state index contributed by atoms with van der Waals surface area (Å²) in [4.78, 5) is 11.9. The molecular formula is C20H34IN5. The number of hydrogen-bond acceptors (Lipinski definition) is 3. The van der Waals surface area contributed by atoms with Crippen LogP contribution in [0.2, 0.25) is 0 Å². The van der Waals surface area contributed by atoms with Crippen molar-refractivity contribution in [3.63, 3.8) is 0 Å². The molecule has 26 heavy (non-hydrogen) atoms. The number of hydrogen-bond donors (Lipinski definition) is 1. The summed E-state index contributed by atoms with van der Waals surface area (Å²) in [6, 6.07) is 8.77. The van der Waals surface area contributed by atoms with Crippen LogP contribution in [0.1, 0.15) is 18.1 Å². The second-order valence-corrected chi connectivity index (χ2v) is 7.58. The monoisotopic (exact) mass is 471 g/mol. The van der Waals surface area contributed by atoms with Gasteiger partial charge < -0.3 is 20.0 Å². The molecule has 0 bridgehead atoms. The van der Waals surface area contributed by atoms with Gasteiger partial charge in [-0.25, -0.2) is 0 Å². The van der Waals surface area contributed by atoms with Crippen molar-refractivity contribution in [2.75, 3.05) is 59.9 Å². The third kappa shape index (κ3) is 5.82. The van der Waals surface area contributed by atoms with Gasteiger partial charge in [0.15, 0.2) is 5.96 Å². The van der Waals surface area contributed by atoms with E-state index in [0.717, 1.165) is 32.0 Å². The molecule has 146 valence electrons. The minimum absolute atomic E-state index is 0. The highest BCUT2D eigenvalue weighted by Gasteiger charge is 2.20. The Balaban J connectivity index is 0.00000243. The first-order valence-electron chi connectivity index (χ1n) is 9.59. The number of rotatable bonds is 4. The van der Waals surface area contributed by atoms with Gasteiger partial charge in [-0.1, -0.05) is 31.2 Å². The third-order valence-electron chi connectivity index (χ3n) is 5.42. The molecular weight excluding hydrogens is 437 g/mol. The van der Waals surface area contributed by atoms with Crippen molar-refractivity contribution in [1.82, 2.24) is 20.0 Å². The van der Waals surface area contributed by atoms with Crippen LogP contribution in [0.3, 0.4) is 0 Å². The highest BCUT2D eigenvalue weighted by atomic mass is 127. The van der Waals surface area contributed by atoms with Gasteiger partial charge in [-0.2, -0.15) is 0 Å². The van der Waals surface area contributed by atoms with Crippen LogP contribution < -0.4 is 5.32 Å². The van der Waals surface area contributed by atoms with Crippen molar-refractivity contribution >= 4 is 29.9 Å². The number of guanidine groups is 1. The molecule has 5 nitrogen and oxygen atoms in total. The average Bonchev–Trinajstić information content (AvgIpc) is 2.64. The van der Waals surface area contributed by atoms with Gasteiger partial charge in [-0.3, -0.25) is 4.99 Å². The molecule has 1 fully saturated rings. The summed E-state index contributed by atoms with van der Waals surface area (Å²) in [5, 5.41) is 3.61. The molecule has 3 rings (SSSR count). The zero-order valence-corrected chi connectivity index (χ0v) is 18.8. The fraction of sp³-hybridized carbons (Fsp3) is 0.650. The Kier molecular flexibility index (Phi) is 8.63. The molecule has 1 unspecified atom stereocenters. The van der Waals surface area contributed by atoms with E-state index in [4.69, 9.17) is 0 Å². The number of fused-ring (bicyclic) bond motifs is 1. The maximum Gasteiger partial charge on any atom is 0.193 e. The van der Waals surface area contributed by atoms with Gasteiger partial charge >= 0.3 is 0 Å². The first-order valence-corrected chi connectivity index (χ1v) is 9.59. The van der Waals surface area contributed by atoms with E-state index in [1.807, 2.05) is 7.05 Å². The maximum absolute atomic E-state index is 4.52.